The number of sulfonamides is 1. The van der Waals surface area contributed by atoms with Gasteiger partial charge in [-0.1, -0.05) is 30.2 Å². The molecule has 30 heavy (non-hydrogen) atoms. The summed E-state index contributed by atoms with van der Waals surface area (Å²) >= 11 is 9.39. The van der Waals surface area contributed by atoms with Gasteiger partial charge < -0.3 is 15.7 Å². The largest absolute Gasteiger partial charge is 0.504 e. The third-order valence-electron chi connectivity index (χ3n) is 4.65. The highest BCUT2D eigenvalue weighted by Gasteiger charge is 2.26. The number of phenolic OH excluding ortho intramolecular Hbond substituents is 1. The van der Waals surface area contributed by atoms with E-state index in [0.29, 0.717) is 10.2 Å². The Hall–Kier alpha value is -1.85. The van der Waals surface area contributed by atoms with Crippen molar-refractivity contribution in [1.29, 1.82) is 0 Å². The van der Waals surface area contributed by atoms with Gasteiger partial charge in [0.25, 0.3) is 0 Å². The number of para-hydroxylation sites is 1. The van der Waals surface area contributed by atoms with Crippen LogP contribution in [0, 0.1) is 0 Å². The third-order valence-corrected chi connectivity index (χ3v) is 7.23. The maximum atomic E-state index is 12.8. The van der Waals surface area contributed by atoms with Crippen LogP contribution in [0.3, 0.4) is 0 Å². The number of halogens is 2. The molecule has 0 unspecified atom stereocenters. The molecule has 1 heterocycles. The van der Waals surface area contributed by atoms with Gasteiger partial charge in [-0.05, 0) is 66.1 Å². The smallest absolute Gasteiger partial charge is 0.323 e. The monoisotopic (exact) mass is 516 g/mol. The number of piperidine rings is 1. The van der Waals surface area contributed by atoms with Gasteiger partial charge in [-0.2, -0.15) is 4.72 Å². The number of carbonyl (C=O) groups is 1. The number of likely N-dealkylation sites (tertiary alicyclic amines) is 1. The summed E-state index contributed by atoms with van der Waals surface area (Å²) in [6, 6.07) is 8.99. The van der Waals surface area contributed by atoms with E-state index in [0.717, 1.165) is 32.4 Å². The molecule has 3 rings (SSSR count). The number of hydrogen-bond donors (Lipinski definition) is 4. The fourth-order valence-electron chi connectivity index (χ4n) is 3.11. The Balaban J connectivity index is 1.75. The van der Waals surface area contributed by atoms with Gasteiger partial charge in [0.15, 0.2) is 5.75 Å². The first-order chi connectivity index (χ1) is 14.3. The van der Waals surface area contributed by atoms with E-state index in [1.807, 2.05) is 4.90 Å². The van der Waals surface area contributed by atoms with Crippen molar-refractivity contribution in [3.05, 3.63) is 45.9 Å². The molecular formula is C19H22BrClN4O4S. The minimum absolute atomic E-state index is 0.0812. The number of urea groups is 1. The number of nitrogens with one attached hydrogen (secondary N) is 3. The molecule has 0 bridgehead atoms. The van der Waals surface area contributed by atoms with Crippen LogP contribution in [0.2, 0.25) is 5.02 Å². The highest BCUT2D eigenvalue weighted by molar-refractivity contribution is 9.10. The average Bonchev–Trinajstić information content (AvgIpc) is 2.71. The normalized spacial score (nSPS) is 15.0. The molecular weight excluding hydrogens is 496 g/mol. The number of phenols is 1. The lowest BCUT2D eigenvalue weighted by Crippen LogP contribution is -2.40. The zero-order valence-corrected chi connectivity index (χ0v) is 19.1. The molecule has 4 N–H and O–H groups in total. The number of carbonyl (C=O) groups excluding carboxylic acids is 1. The highest BCUT2D eigenvalue weighted by Crippen LogP contribution is 2.37. The first kappa shape index (κ1) is 22.8. The molecule has 2 aromatic rings. The van der Waals surface area contributed by atoms with Crippen LogP contribution in [0.15, 0.2) is 45.8 Å². The van der Waals surface area contributed by atoms with Gasteiger partial charge in [0.1, 0.15) is 4.90 Å². The zero-order valence-electron chi connectivity index (χ0n) is 16.0. The molecule has 2 amide bonds. The molecule has 0 saturated carbocycles. The molecule has 11 heteroatoms. The summed E-state index contributed by atoms with van der Waals surface area (Å²) in [6.07, 6.45) is 3.16. The summed E-state index contributed by atoms with van der Waals surface area (Å²) in [5.74, 6) is -0.629. The predicted octanol–water partition coefficient (Wildman–Crippen LogP) is 4.17. The molecule has 162 valence electrons. The summed E-state index contributed by atoms with van der Waals surface area (Å²) in [7, 11) is -4.10. The predicted molar refractivity (Wildman–Crippen MR) is 121 cm³/mol. The number of amides is 2. The molecule has 0 radical (unpaired) electrons. The van der Waals surface area contributed by atoms with E-state index in [1.165, 1.54) is 12.1 Å². The highest BCUT2D eigenvalue weighted by atomic mass is 79.9. The fraction of sp³-hybridized carbons (Fsp3) is 0.316. The molecule has 8 nitrogen and oxygen atoms in total. The molecule has 1 fully saturated rings. The van der Waals surface area contributed by atoms with Gasteiger partial charge in [-0.3, -0.25) is 4.90 Å². The number of anilines is 2. The molecule has 0 aromatic heterocycles. The van der Waals surface area contributed by atoms with Gasteiger partial charge in [0.2, 0.25) is 10.0 Å². The number of rotatable bonds is 6. The first-order valence-electron chi connectivity index (χ1n) is 9.34. The Bertz CT molecular complexity index is 1030. The topological polar surface area (TPSA) is 111 Å². The number of aromatic hydroxyl groups is 1. The van der Waals surface area contributed by atoms with E-state index in [2.05, 4.69) is 31.3 Å². The first-order valence-corrected chi connectivity index (χ1v) is 12.0. The molecule has 1 aliphatic rings. The lowest BCUT2D eigenvalue weighted by molar-refractivity contribution is 0.226. The Labute approximate surface area is 188 Å². The molecule has 1 saturated heterocycles. The van der Waals surface area contributed by atoms with Gasteiger partial charge in [-0.15, -0.1) is 0 Å². The number of benzene rings is 2. The maximum absolute atomic E-state index is 12.8. The van der Waals surface area contributed by atoms with Crippen LogP contribution in [-0.2, 0) is 10.0 Å². The van der Waals surface area contributed by atoms with Gasteiger partial charge in [-0.25, -0.2) is 13.2 Å². The lowest BCUT2D eigenvalue weighted by Gasteiger charge is -2.26. The van der Waals surface area contributed by atoms with Crippen LogP contribution in [0.4, 0.5) is 16.2 Å². The summed E-state index contributed by atoms with van der Waals surface area (Å²) in [5.41, 5.74) is 0.432. The van der Waals surface area contributed by atoms with Crippen molar-refractivity contribution in [2.45, 2.75) is 24.2 Å². The van der Waals surface area contributed by atoms with Crippen molar-refractivity contribution in [2.75, 3.05) is 30.4 Å². The van der Waals surface area contributed by atoms with Crippen LogP contribution in [-0.4, -0.2) is 44.2 Å². The van der Waals surface area contributed by atoms with Crippen molar-refractivity contribution >= 4 is 55.0 Å². The molecule has 0 aliphatic carbocycles. The van der Waals surface area contributed by atoms with Crippen molar-refractivity contribution < 1.29 is 18.3 Å². The van der Waals surface area contributed by atoms with E-state index < -0.39 is 26.7 Å². The summed E-state index contributed by atoms with van der Waals surface area (Å²) in [5, 5.41) is 15.5. The van der Waals surface area contributed by atoms with Crippen molar-refractivity contribution in [3.8, 4) is 5.75 Å². The second-order valence-electron chi connectivity index (χ2n) is 6.82. The Kier molecular flexibility index (Phi) is 7.59. The number of nitrogens with zero attached hydrogens (tertiary/aromatic N) is 1. The van der Waals surface area contributed by atoms with E-state index in [-0.39, 0.29) is 17.4 Å². The van der Waals surface area contributed by atoms with Crippen molar-refractivity contribution in [1.82, 2.24) is 9.62 Å². The Morgan fingerprint density at radius 2 is 1.73 bits per heavy atom. The minimum Gasteiger partial charge on any atom is -0.504 e. The van der Waals surface area contributed by atoms with Crippen molar-refractivity contribution in [3.63, 3.8) is 0 Å². The lowest BCUT2D eigenvalue weighted by atomic mass is 10.1. The maximum Gasteiger partial charge on any atom is 0.323 e. The third kappa shape index (κ3) is 5.64. The van der Waals surface area contributed by atoms with Gasteiger partial charge in [0.05, 0.1) is 23.1 Å². The van der Waals surface area contributed by atoms with Gasteiger partial charge in [0, 0.05) is 4.47 Å². The van der Waals surface area contributed by atoms with Crippen LogP contribution in [0.1, 0.15) is 19.3 Å². The molecule has 2 aromatic carbocycles. The number of hydrogen-bond acceptors (Lipinski definition) is 5. The van der Waals surface area contributed by atoms with Crippen LogP contribution in [0.5, 0.6) is 5.75 Å². The SMILES string of the molecule is O=C(Nc1ccccc1Br)Nc1ccc(Cl)c(S(=O)(=O)NCN2CCCCC2)c1O. The summed E-state index contributed by atoms with van der Waals surface area (Å²) in [6.45, 7) is 1.73. The standard InChI is InChI=1S/C19H22BrClN4O4S/c20-13-6-2-3-7-15(13)23-19(27)24-16-9-8-14(21)18(17(16)26)30(28,29)22-12-25-10-4-1-5-11-25/h2-3,6-9,22,26H,1,4-5,10-12H2,(H2,23,24,27). The quantitative estimate of drug-likeness (QED) is 0.430. The minimum atomic E-state index is -4.10. The second-order valence-corrected chi connectivity index (χ2v) is 9.78. The summed E-state index contributed by atoms with van der Waals surface area (Å²) in [4.78, 5) is 13.8. The summed E-state index contributed by atoms with van der Waals surface area (Å²) < 4.78 is 28.7. The Morgan fingerprint density at radius 3 is 2.43 bits per heavy atom. The van der Waals surface area contributed by atoms with Crippen molar-refractivity contribution in [2.24, 2.45) is 0 Å². The fourth-order valence-corrected chi connectivity index (χ4v) is 5.13. The molecule has 0 atom stereocenters. The van der Waals surface area contributed by atoms with E-state index in [9.17, 15) is 18.3 Å². The molecule has 1 aliphatic heterocycles. The zero-order chi connectivity index (χ0) is 21.7. The molecule has 0 spiro atoms. The van der Waals surface area contributed by atoms with Gasteiger partial charge >= 0.3 is 6.03 Å². The Morgan fingerprint density at radius 1 is 1.07 bits per heavy atom. The second kappa shape index (κ2) is 9.97. The average molecular weight is 518 g/mol. The van der Waals surface area contributed by atoms with Crippen LogP contribution in [0.25, 0.3) is 0 Å². The van der Waals surface area contributed by atoms with E-state index >= 15 is 0 Å². The van der Waals surface area contributed by atoms with E-state index in [1.54, 1.807) is 24.3 Å². The van der Waals surface area contributed by atoms with Crippen LogP contribution < -0.4 is 15.4 Å². The van der Waals surface area contributed by atoms with E-state index in [4.69, 9.17) is 11.6 Å². The van der Waals surface area contributed by atoms with Crippen LogP contribution >= 0.6 is 27.5 Å².